The topological polar surface area (TPSA) is 77.7 Å². The van der Waals surface area contributed by atoms with Gasteiger partial charge in [0.05, 0.1) is 24.9 Å². The maximum absolute atomic E-state index is 12.9. The van der Waals surface area contributed by atoms with Gasteiger partial charge in [0.15, 0.2) is 5.11 Å². The highest BCUT2D eigenvalue weighted by Crippen LogP contribution is 2.19. The number of fused-ring (bicyclic) bond motifs is 1. The number of carbonyl (C=O) groups excluding carboxylic acids is 1. The van der Waals surface area contributed by atoms with E-state index in [9.17, 15) is 9.59 Å². The van der Waals surface area contributed by atoms with Crippen LogP contribution in [0.2, 0.25) is 0 Å². The van der Waals surface area contributed by atoms with E-state index in [1.807, 2.05) is 36.1 Å². The average Bonchev–Trinajstić information content (AvgIpc) is 2.87. The number of benzene rings is 2. The average molecular weight is 493 g/mol. The Morgan fingerprint density at radius 3 is 2.69 bits per heavy atom. The van der Waals surface area contributed by atoms with E-state index in [1.165, 1.54) is 26.4 Å². The van der Waals surface area contributed by atoms with Gasteiger partial charge in [-0.3, -0.25) is 4.79 Å². The van der Waals surface area contributed by atoms with Crippen molar-refractivity contribution in [2.75, 3.05) is 38.6 Å². The normalized spacial score (nSPS) is 14.0. The van der Waals surface area contributed by atoms with Gasteiger partial charge in [-0.15, -0.1) is 0 Å². The molecule has 0 atom stereocenters. The zero-order chi connectivity index (χ0) is 24.8. The van der Waals surface area contributed by atoms with Gasteiger partial charge in [-0.05, 0) is 80.8 Å². The lowest BCUT2D eigenvalue weighted by Gasteiger charge is -2.31. The summed E-state index contributed by atoms with van der Waals surface area (Å²) in [6, 6.07) is 15.0. The van der Waals surface area contributed by atoms with Crippen LogP contribution in [0.5, 0.6) is 0 Å². The molecule has 0 bridgehead atoms. The predicted molar refractivity (Wildman–Crippen MR) is 144 cm³/mol. The van der Waals surface area contributed by atoms with Crippen LogP contribution in [0, 0.1) is 6.92 Å². The lowest BCUT2D eigenvalue weighted by atomic mass is 10.1. The van der Waals surface area contributed by atoms with Gasteiger partial charge < -0.3 is 24.8 Å². The summed E-state index contributed by atoms with van der Waals surface area (Å²) in [6.07, 6.45) is 3.69. The van der Waals surface area contributed by atoms with Crippen molar-refractivity contribution in [3.8, 4) is 0 Å². The van der Waals surface area contributed by atoms with E-state index in [0.29, 0.717) is 35.0 Å². The Morgan fingerprint density at radius 1 is 1.14 bits per heavy atom. The number of pyridine rings is 1. The van der Waals surface area contributed by atoms with Gasteiger partial charge in [-0.1, -0.05) is 30.2 Å². The number of para-hydroxylation sites is 1. The number of methoxy groups -OCH3 is 1. The predicted octanol–water partition coefficient (Wildman–Crippen LogP) is 4.31. The first-order valence-electron chi connectivity index (χ1n) is 12.0. The summed E-state index contributed by atoms with van der Waals surface area (Å²) in [5.41, 5.74) is 3.46. The van der Waals surface area contributed by atoms with E-state index in [0.717, 1.165) is 36.1 Å². The molecular formula is C27H32N4O3S. The lowest BCUT2D eigenvalue weighted by Crippen LogP contribution is -2.42. The number of nitrogens with one attached hydrogen (secondary N) is 2. The number of H-pyrrole nitrogens is 1. The first-order chi connectivity index (χ1) is 16.9. The number of thiocarbonyl (C=S) groups is 1. The number of aromatic amines is 1. The van der Waals surface area contributed by atoms with Gasteiger partial charge in [0.2, 0.25) is 0 Å². The van der Waals surface area contributed by atoms with Gasteiger partial charge in [-0.2, -0.15) is 0 Å². The Balaban J connectivity index is 1.59. The molecule has 0 spiro atoms. The van der Waals surface area contributed by atoms with Crippen LogP contribution >= 0.6 is 12.2 Å². The Hall–Kier alpha value is -3.23. The molecule has 1 aliphatic rings. The summed E-state index contributed by atoms with van der Waals surface area (Å²) >= 11 is 5.80. The fourth-order valence-electron chi connectivity index (χ4n) is 4.47. The SMILES string of the molecule is COC(=O)c1ccccc1NC(=S)N(CCN1CCCCC1)Cc1cc2cc(C)ccc2[nH]c1=O. The summed E-state index contributed by atoms with van der Waals surface area (Å²) in [7, 11) is 1.36. The van der Waals surface area contributed by atoms with Gasteiger partial charge in [-0.25, -0.2) is 4.79 Å². The molecular weight excluding hydrogens is 460 g/mol. The Labute approximate surface area is 211 Å². The number of anilines is 1. The molecule has 1 saturated heterocycles. The third kappa shape index (κ3) is 6.26. The molecule has 4 rings (SSSR count). The molecule has 0 saturated carbocycles. The number of esters is 1. The quantitative estimate of drug-likeness (QED) is 0.376. The van der Waals surface area contributed by atoms with E-state index in [-0.39, 0.29) is 5.56 Å². The van der Waals surface area contributed by atoms with E-state index >= 15 is 0 Å². The van der Waals surface area contributed by atoms with Crippen molar-refractivity contribution in [1.29, 1.82) is 0 Å². The van der Waals surface area contributed by atoms with Crippen molar-refractivity contribution in [2.45, 2.75) is 32.7 Å². The summed E-state index contributed by atoms with van der Waals surface area (Å²) in [5.74, 6) is -0.433. The van der Waals surface area contributed by atoms with Crippen molar-refractivity contribution < 1.29 is 9.53 Å². The van der Waals surface area contributed by atoms with Crippen molar-refractivity contribution in [3.63, 3.8) is 0 Å². The van der Waals surface area contributed by atoms with Crippen molar-refractivity contribution >= 4 is 39.9 Å². The highest BCUT2D eigenvalue weighted by molar-refractivity contribution is 7.80. The number of aryl methyl sites for hydroxylation is 1. The Bertz CT molecular complexity index is 1270. The second kappa shape index (κ2) is 11.5. The molecule has 1 fully saturated rings. The number of rotatable bonds is 7. The number of ether oxygens (including phenoxy) is 1. The van der Waals surface area contributed by atoms with Crippen LogP contribution in [0.1, 0.15) is 40.7 Å². The van der Waals surface area contributed by atoms with Crippen molar-refractivity contribution in [3.05, 3.63) is 75.6 Å². The number of hydrogen-bond acceptors (Lipinski definition) is 5. The van der Waals surface area contributed by atoms with Crippen LogP contribution in [0.15, 0.2) is 53.3 Å². The smallest absolute Gasteiger partial charge is 0.339 e. The lowest BCUT2D eigenvalue weighted by molar-refractivity contribution is 0.0602. The summed E-state index contributed by atoms with van der Waals surface area (Å²) < 4.78 is 4.92. The number of piperidine rings is 1. The molecule has 0 radical (unpaired) electrons. The van der Waals surface area contributed by atoms with Crippen LogP contribution < -0.4 is 10.9 Å². The van der Waals surface area contributed by atoms with Crippen LogP contribution in [-0.2, 0) is 11.3 Å². The second-order valence-electron chi connectivity index (χ2n) is 9.01. The molecule has 0 amide bonds. The largest absolute Gasteiger partial charge is 0.465 e. The third-order valence-electron chi connectivity index (χ3n) is 6.43. The minimum atomic E-state index is -0.433. The molecule has 3 aromatic rings. The van der Waals surface area contributed by atoms with Crippen molar-refractivity contribution in [2.24, 2.45) is 0 Å². The number of hydrogen-bond donors (Lipinski definition) is 2. The fourth-order valence-corrected chi connectivity index (χ4v) is 4.73. The van der Waals surface area contributed by atoms with Gasteiger partial charge in [0.25, 0.3) is 5.56 Å². The monoisotopic (exact) mass is 492 g/mol. The Kier molecular flexibility index (Phi) is 8.15. The molecule has 1 aromatic heterocycles. The molecule has 8 heteroatoms. The molecule has 1 aliphatic heterocycles. The number of nitrogens with zero attached hydrogens (tertiary/aromatic N) is 2. The number of carbonyl (C=O) groups is 1. The van der Waals surface area contributed by atoms with E-state index in [4.69, 9.17) is 17.0 Å². The number of likely N-dealkylation sites (tertiary alicyclic amines) is 1. The molecule has 2 heterocycles. The third-order valence-corrected chi connectivity index (χ3v) is 6.79. The van der Waals surface area contributed by atoms with Crippen LogP contribution in [0.3, 0.4) is 0 Å². The highest BCUT2D eigenvalue weighted by atomic mass is 32.1. The molecule has 7 nitrogen and oxygen atoms in total. The molecule has 35 heavy (non-hydrogen) atoms. The first kappa shape index (κ1) is 24.9. The molecule has 0 unspecified atom stereocenters. The van der Waals surface area contributed by atoms with E-state index in [1.54, 1.807) is 18.2 Å². The zero-order valence-corrected chi connectivity index (χ0v) is 21.1. The zero-order valence-electron chi connectivity index (χ0n) is 20.3. The first-order valence-corrected chi connectivity index (χ1v) is 12.4. The standard InChI is InChI=1S/C27H32N4O3S/c1-19-10-11-23-20(16-19)17-21(25(32)28-23)18-31(15-14-30-12-6-3-7-13-30)27(35)29-24-9-5-4-8-22(24)26(33)34-2/h4-5,8-11,16-17H,3,6-7,12-15,18H2,1-2H3,(H,28,32)(H,29,35). The second-order valence-corrected chi connectivity index (χ2v) is 9.39. The van der Waals surface area contributed by atoms with Crippen LogP contribution in [0.25, 0.3) is 10.9 Å². The maximum atomic E-state index is 12.9. The van der Waals surface area contributed by atoms with Crippen molar-refractivity contribution in [1.82, 2.24) is 14.8 Å². The van der Waals surface area contributed by atoms with E-state index < -0.39 is 5.97 Å². The van der Waals surface area contributed by atoms with Gasteiger partial charge >= 0.3 is 5.97 Å². The summed E-state index contributed by atoms with van der Waals surface area (Å²) in [4.78, 5) is 32.6. The van der Waals surface area contributed by atoms with E-state index in [2.05, 4.69) is 21.3 Å². The molecule has 2 N–H and O–H groups in total. The van der Waals surface area contributed by atoms with Crippen LogP contribution in [-0.4, -0.2) is 59.2 Å². The van der Waals surface area contributed by atoms with Gasteiger partial charge in [0, 0.05) is 24.2 Å². The summed E-state index contributed by atoms with van der Waals surface area (Å²) in [5, 5.41) is 4.68. The van der Waals surface area contributed by atoms with Crippen LogP contribution in [0.4, 0.5) is 5.69 Å². The van der Waals surface area contributed by atoms with Gasteiger partial charge in [0.1, 0.15) is 0 Å². The minimum absolute atomic E-state index is 0.123. The molecule has 2 aromatic carbocycles. The molecule has 0 aliphatic carbocycles. The fraction of sp³-hybridized carbons (Fsp3) is 0.370. The number of aromatic nitrogens is 1. The Morgan fingerprint density at radius 2 is 1.91 bits per heavy atom. The maximum Gasteiger partial charge on any atom is 0.339 e. The highest BCUT2D eigenvalue weighted by Gasteiger charge is 2.19. The minimum Gasteiger partial charge on any atom is -0.465 e. The molecule has 184 valence electrons. The summed E-state index contributed by atoms with van der Waals surface area (Å²) in [6.45, 7) is 6.07.